The molecule has 31 heavy (non-hydrogen) atoms. The molecule has 4 aromatic rings. The molecule has 0 aliphatic carbocycles. The quantitative estimate of drug-likeness (QED) is 0.538. The molecule has 0 aromatic carbocycles. The summed E-state index contributed by atoms with van der Waals surface area (Å²) in [5, 5.41) is 12.7. The highest BCUT2D eigenvalue weighted by Gasteiger charge is 2.37. The van der Waals surface area contributed by atoms with Crippen molar-refractivity contribution < 1.29 is 13.6 Å². The normalized spacial score (nSPS) is 18.7. The minimum atomic E-state index is -0.454. The van der Waals surface area contributed by atoms with Crippen LogP contribution in [0, 0.1) is 5.82 Å². The van der Waals surface area contributed by atoms with Gasteiger partial charge in [-0.3, -0.25) is 4.79 Å². The van der Waals surface area contributed by atoms with E-state index in [0.717, 1.165) is 24.2 Å². The number of carbonyl (C=O) groups is 1. The van der Waals surface area contributed by atoms with E-state index >= 15 is 0 Å². The molecule has 2 aliphatic rings. The van der Waals surface area contributed by atoms with Gasteiger partial charge in [-0.1, -0.05) is 5.10 Å². The third kappa shape index (κ3) is 2.87. The van der Waals surface area contributed by atoms with Crippen molar-refractivity contribution in [2.45, 2.75) is 25.3 Å². The second-order valence-corrected chi connectivity index (χ2v) is 7.76. The van der Waals surface area contributed by atoms with E-state index in [1.165, 1.54) is 10.6 Å². The van der Waals surface area contributed by atoms with Gasteiger partial charge in [-0.25, -0.2) is 13.9 Å². The fraction of sp³-hybridized carbons (Fsp3) is 0.350. The number of pyridine rings is 1. The first kappa shape index (κ1) is 18.0. The number of hydrogen-bond donors (Lipinski definition) is 1. The number of anilines is 1. The molecule has 11 heteroatoms. The van der Waals surface area contributed by atoms with Crippen LogP contribution in [0.25, 0.3) is 5.52 Å². The van der Waals surface area contributed by atoms with Crippen molar-refractivity contribution in [3.63, 3.8) is 0 Å². The smallest absolute Gasteiger partial charge is 0.319 e. The van der Waals surface area contributed by atoms with Gasteiger partial charge in [-0.2, -0.15) is 5.10 Å². The zero-order valence-electron chi connectivity index (χ0n) is 16.5. The van der Waals surface area contributed by atoms with Gasteiger partial charge >= 0.3 is 17.8 Å². The monoisotopic (exact) mass is 422 g/mol. The van der Waals surface area contributed by atoms with Crippen molar-refractivity contribution in [2.75, 3.05) is 24.5 Å². The van der Waals surface area contributed by atoms with Gasteiger partial charge in [0.2, 0.25) is 0 Å². The predicted octanol–water partition coefficient (Wildman–Crippen LogP) is 1.97. The van der Waals surface area contributed by atoms with Crippen LogP contribution in [0.2, 0.25) is 0 Å². The highest BCUT2D eigenvalue weighted by atomic mass is 19.1. The molecule has 6 heterocycles. The van der Waals surface area contributed by atoms with Crippen molar-refractivity contribution in [2.24, 2.45) is 0 Å². The van der Waals surface area contributed by atoms with E-state index in [0.29, 0.717) is 37.3 Å². The first-order valence-corrected chi connectivity index (χ1v) is 10.2. The van der Waals surface area contributed by atoms with E-state index in [1.807, 2.05) is 4.90 Å². The molecule has 1 amide bonds. The number of nitrogens with zero attached hydrogens (tertiary/aromatic N) is 7. The molecule has 2 aliphatic heterocycles. The van der Waals surface area contributed by atoms with Gasteiger partial charge in [0.05, 0.1) is 17.7 Å². The summed E-state index contributed by atoms with van der Waals surface area (Å²) in [7, 11) is 0. The summed E-state index contributed by atoms with van der Waals surface area (Å²) >= 11 is 0. The van der Waals surface area contributed by atoms with Gasteiger partial charge in [-0.05, 0) is 31.0 Å². The van der Waals surface area contributed by atoms with E-state index in [4.69, 9.17) is 4.42 Å². The summed E-state index contributed by atoms with van der Waals surface area (Å²) in [5.41, 5.74) is 2.71. The first-order chi connectivity index (χ1) is 15.2. The van der Waals surface area contributed by atoms with E-state index in [-0.39, 0.29) is 23.6 Å². The van der Waals surface area contributed by atoms with Crippen LogP contribution in [0.15, 0.2) is 35.1 Å². The average molecular weight is 422 g/mol. The highest BCUT2D eigenvalue weighted by Crippen LogP contribution is 2.36. The Morgan fingerprint density at radius 1 is 1.23 bits per heavy atom. The van der Waals surface area contributed by atoms with Gasteiger partial charge in [0.15, 0.2) is 0 Å². The van der Waals surface area contributed by atoms with E-state index in [2.05, 4.69) is 25.3 Å². The number of rotatable bonds is 3. The zero-order valence-corrected chi connectivity index (χ0v) is 16.5. The Balaban J connectivity index is 1.40. The topological polar surface area (TPSA) is 108 Å². The van der Waals surface area contributed by atoms with Crippen LogP contribution in [0.3, 0.4) is 0 Å². The lowest BCUT2D eigenvalue weighted by molar-refractivity contribution is 0.0753. The summed E-state index contributed by atoms with van der Waals surface area (Å²) in [6.07, 6.45) is 5.97. The Morgan fingerprint density at radius 3 is 2.94 bits per heavy atom. The number of amides is 1. The molecule has 0 bridgehead atoms. The molecular formula is C20H19FN8O2. The number of halogens is 1. The van der Waals surface area contributed by atoms with Crippen LogP contribution in [-0.4, -0.2) is 60.2 Å². The van der Waals surface area contributed by atoms with Crippen LogP contribution < -0.4 is 4.90 Å². The molecule has 6 rings (SSSR count). The first-order valence-electron chi connectivity index (χ1n) is 10.2. The molecule has 4 aromatic heterocycles. The number of carbonyl (C=O) groups excluding carboxylic acids is 1. The second-order valence-electron chi connectivity index (χ2n) is 7.76. The Kier molecular flexibility index (Phi) is 4.01. The van der Waals surface area contributed by atoms with E-state index in [9.17, 15) is 9.18 Å². The molecule has 0 radical (unpaired) electrons. The summed E-state index contributed by atoms with van der Waals surface area (Å²) < 4.78 is 21.6. The maximum atomic E-state index is 14.3. The van der Waals surface area contributed by atoms with E-state index in [1.54, 1.807) is 29.6 Å². The molecule has 158 valence electrons. The Bertz CT molecular complexity index is 1270. The number of fused-ring (bicyclic) bond motifs is 2. The predicted molar refractivity (Wildman–Crippen MR) is 106 cm³/mol. The maximum Gasteiger partial charge on any atom is 0.319 e. The molecule has 1 N–H and O–H groups in total. The summed E-state index contributed by atoms with van der Waals surface area (Å²) in [6, 6.07) is 4.46. The SMILES string of the molecule is O=C(c1nnc(N2CCc3[nH]cnc3[C@H]2c2cc3c(F)cccn3n2)o1)N1CCCC1. The number of aromatic nitrogens is 6. The van der Waals surface area contributed by atoms with Gasteiger partial charge in [0.25, 0.3) is 0 Å². The lowest BCUT2D eigenvalue weighted by Gasteiger charge is -2.32. The molecule has 0 saturated carbocycles. The third-order valence-corrected chi connectivity index (χ3v) is 5.91. The highest BCUT2D eigenvalue weighted by molar-refractivity contribution is 5.89. The molecule has 0 unspecified atom stereocenters. The van der Waals surface area contributed by atoms with Crippen LogP contribution in [-0.2, 0) is 6.42 Å². The van der Waals surface area contributed by atoms with Crippen LogP contribution in [0.5, 0.6) is 0 Å². The van der Waals surface area contributed by atoms with Gasteiger partial charge < -0.3 is 19.2 Å². The Morgan fingerprint density at radius 2 is 2.10 bits per heavy atom. The molecule has 0 spiro atoms. The minimum Gasteiger partial charge on any atom is -0.399 e. The number of likely N-dealkylation sites (tertiary alicyclic amines) is 1. The number of H-pyrrole nitrogens is 1. The van der Waals surface area contributed by atoms with Crippen LogP contribution in [0.4, 0.5) is 10.4 Å². The molecule has 1 atom stereocenters. The Labute approximate surface area is 175 Å². The van der Waals surface area contributed by atoms with Gasteiger partial charge in [-0.15, -0.1) is 5.10 Å². The third-order valence-electron chi connectivity index (χ3n) is 5.91. The number of nitrogens with one attached hydrogen (secondary N) is 1. The number of hydrogen-bond acceptors (Lipinski definition) is 7. The van der Waals surface area contributed by atoms with Crippen molar-refractivity contribution >= 4 is 17.4 Å². The van der Waals surface area contributed by atoms with Crippen LogP contribution >= 0.6 is 0 Å². The Hall–Kier alpha value is -3.76. The molecule has 1 saturated heterocycles. The van der Waals surface area contributed by atoms with Crippen LogP contribution in [0.1, 0.15) is 46.7 Å². The molecule has 1 fully saturated rings. The fourth-order valence-corrected chi connectivity index (χ4v) is 4.39. The summed E-state index contributed by atoms with van der Waals surface area (Å²) in [5.74, 6) is -0.633. The largest absolute Gasteiger partial charge is 0.399 e. The van der Waals surface area contributed by atoms with Crippen molar-refractivity contribution in [3.8, 4) is 0 Å². The lowest BCUT2D eigenvalue weighted by atomic mass is 10.0. The average Bonchev–Trinajstić information content (AvgIpc) is 3.58. The van der Waals surface area contributed by atoms with Gasteiger partial charge in [0, 0.05) is 37.9 Å². The number of imidazole rings is 1. The summed E-state index contributed by atoms with van der Waals surface area (Å²) in [4.78, 5) is 23.9. The van der Waals surface area contributed by atoms with Crippen molar-refractivity contribution in [1.29, 1.82) is 0 Å². The lowest BCUT2D eigenvalue weighted by Crippen LogP contribution is -2.37. The maximum absolute atomic E-state index is 14.3. The standard InChI is InChI=1S/C20H19FN8O2/c21-12-4-3-8-29-15(12)10-14(26-29)17-16-13(22-11-23-16)5-9-28(17)20-25-24-18(31-20)19(30)27-6-1-2-7-27/h3-4,8,10-11,17H,1-2,5-7,9H2,(H,22,23)/t17-/m1/s1. The van der Waals surface area contributed by atoms with Crippen molar-refractivity contribution in [3.05, 3.63) is 59.5 Å². The van der Waals surface area contributed by atoms with Crippen molar-refractivity contribution in [1.82, 2.24) is 34.7 Å². The fourth-order valence-electron chi connectivity index (χ4n) is 4.39. The summed E-state index contributed by atoms with van der Waals surface area (Å²) in [6.45, 7) is 1.95. The molecule has 10 nitrogen and oxygen atoms in total. The zero-order chi connectivity index (χ0) is 20.9. The number of aromatic amines is 1. The minimum absolute atomic E-state index is 0.0236. The van der Waals surface area contributed by atoms with E-state index < -0.39 is 6.04 Å². The second kappa shape index (κ2) is 6.89. The molecular weight excluding hydrogens is 403 g/mol. The van der Waals surface area contributed by atoms with Gasteiger partial charge in [0.1, 0.15) is 17.4 Å².